The molecule has 2 N–H and O–H groups in total. The van der Waals surface area contributed by atoms with Crippen molar-refractivity contribution in [3.05, 3.63) is 0 Å². The lowest BCUT2D eigenvalue weighted by atomic mass is 10.2. The van der Waals surface area contributed by atoms with Crippen molar-refractivity contribution < 1.29 is 23.1 Å². The number of carbonyl (C=O) groups is 2. The molecule has 0 bridgehead atoms. The quantitative estimate of drug-likeness (QED) is 0.657. The van der Waals surface area contributed by atoms with Gasteiger partial charge in [0.1, 0.15) is 6.54 Å². The zero-order valence-corrected chi connectivity index (χ0v) is 12.5. The van der Waals surface area contributed by atoms with Crippen LogP contribution in [0.1, 0.15) is 34.1 Å². The summed E-state index contributed by atoms with van der Waals surface area (Å²) in [6, 6.07) is -1.29. The number of carboxylic acids is 1. The first-order chi connectivity index (χ1) is 8.60. The fourth-order valence-corrected chi connectivity index (χ4v) is 2.85. The van der Waals surface area contributed by atoms with E-state index < -0.39 is 34.5 Å². The van der Waals surface area contributed by atoms with Gasteiger partial charge in [0.15, 0.2) is 0 Å². The largest absolute Gasteiger partial charge is 0.480 e. The monoisotopic (exact) mass is 294 g/mol. The van der Waals surface area contributed by atoms with E-state index in [9.17, 15) is 18.0 Å². The Kier molecular flexibility index (Phi) is 6.99. The second kappa shape index (κ2) is 7.44. The highest BCUT2D eigenvalue weighted by Crippen LogP contribution is 2.03. The molecule has 0 aliphatic rings. The molecule has 0 fully saturated rings. The average molecular weight is 294 g/mol. The SMILES string of the molecule is CCCS(=O)(=O)NC(C)C(=O)N(CC(=O)O)C(C)C. The van der Waals surface area contributed by atoms with E-state index in [0.29, 0.717) is 6.42 Å². The summed E-state index contributed by atoms with van der Waals surface area (Å²) in [5.74, 6) is -1.74. The highest BCUT2D eigenvalue weighted by atomic mass is 32.2. The van der Waals surface area contributed by atoms with Crippen LogP contribution in [-0.4, -0.2) is 54.7 Å². The number of hydrogen-bond acceptors (Lipinski definition) is 4. The summed E-state index contributed by atoms with van der Waals surface area (Å²) in [5.41, 5.74) is 0. The number of amides is 1. The number of sulfonamides is 1. The van der Waals surface area contributed by atoms with Crippen LogP contribution < -0.4 is 4.72 Å². The number of nitrogens with one attached hydrogen (secondary N) is 1. The molecule has 0 aromatic heterocycles. The lowest BCUT2D eigenvalue weighted by Crippen LogP contribution is -2.51. The van der Waals surface area contributed by atoms with Gasteiger partial charge in [-0.1, -0.05) is 6.92 Å². The first-order valence-electron chi connectivity index (χ1n) is 6.13. The van der Waals surface area contributed by atoms with Crippen LogP contribution in [-0.2, 0) is 19.6 Å². The van der Waals surface area contributed by atoms with Crippen molar-refractivity contribution in [2.45, 2.75) is 46.2 Å². The van der Waals surface area contributed by atoms with Crippen molar-refractivity contribution in [2.24, 2.45) is 0 Å². The second-order valence-electron chi connectivity index (χ2n) is 4.61. The van der Waals surface area contributed by atoms with Gasteiger partial charge in [0.2, 0.25) is 15.9 Å². The Morgan fingerprint density at radius 3 is 2.16 bits per heavy atom. The van der Waals surface area contributed by atoms with E-state index in [4.69, 9.17) is 5.11 Å². The van der Waals surface area contributed by atoms with Gasteiger partial charge >= 0.3 is 5.97 Å². The lowest BCUT2D eigenvalue weighted by molar-refractivity contribution is -0.146. The summed E-state index contributed by atoms with van der Waals surface area (Å²) >= 11 is 0. The van der Waals surface area contributed by atoms with Crippen LogP contribution in [0.3, 0.4) is 0 Å². The molecular weight excluding hydrogens is 272 g/mol. The molecule has 8 heteroatoms. The van der Waals surface area contributed by atoms with Crippen molar-refractivity contribution in [2.75, 3.05) is 12.3 Å². The molecule has 0 aliphatic heterocycles. The number of hydrogen-bond donors (Lipinski definition) is 2. The molecule has 0 aromatic rings. The molecule has 0 spiro atoms. The molecule has 19 heavy (non-hydrogen) atoms. The molecule has 1 amide bonds. The molecule has 0 saturated heterocycles. The predicted molar refractivity (Wildman–Crippen MR) is 71.2 cm³/mol. The van der Waals surface area contributed by atoms with Crippen LogP contribution in [0.2, 0.25) is 0 Å². The Hall–Kier alpha value is -1.15. The predicted octanol–water partition coefficient (Wildman–Crippen LogP) is 0.0259. The van der Waals surface area contributed by atoms with Crippen LogP contribution in [0.15, 0.2) is 0 Å². The third-order valence-electron chi connectivity index (χ3n) is 2.41. The van der Waals surface area contributed by atoms with E-state index >= 15 is 0 Å². The highest BCUT2D eigenvalue weighted by Gasteiger charge is 2.27. The third kappa shape index (κ3) is 6.53. The van der Waals surface area contributed by atoms with Crippen LogP contribution in [0, 0.1) is 0 Å². The molecular formula is C11H22N2O5S. The number of carbonyl (C=O) groups excluding carboxylic acids is 1. The minimum Gasteiger partial charge on any atom is -0.480 e. The summed E-state index contributed by atoms with van der Waals surface area (Å²) in [6.45, 7) is 6.03. The van der Waals surface area contributed by atoms with E-state index in [1.807, 2.05) is 0 Å². The molecule has 0 heterocycles. The molecule has 1 unspecified atom stereocenters. The van der Waals surface area contributed by atoms with Gasteiger partial charge in [-0.05, 0) is 27.2 Å². The van der Waals surface area contributed by atoms with E-state index in [-0.39, 0.29) is 11.8 Å². The minimum atomic E-state index is -3.51. The molecule has 0 aromatic carbocycles. The van der Waals surface area contributed by atoms with Gasteiger partial charge in [-0.15, -0.1) is 0 Å². The number of carboxylic acid groups (broad SMARTS) is 1. The van der Waals surface area contributed by atoms with Crippen molar-refractivity contribution in [3.63, 3.8) is 0 Å². The fourth-order valence-electron chi connectivity index (χ4n) is 1.56. The van der Waals surface area contributed by atoms with Crippen molar-refractivity contribution in [3.8, 4) is 0 Å². The maximum atomic E-state index is 12.0. The summed E-state index contributed by atoms with van der Waals surface area (Å²) in [4.78, 5) is 23.9. The van der Waals surface area contributed by atoms with Crippen molar-refractivity contribution in [1.82, 2.24) is 9.62 Å². The molecule has 0 aliphatic carbocycles. The Morgan fingerprint density at radius 1 is 1.26 bits per heavy atom. The summed E-state index contributed by atoms with van der Waals surface area (Å²) in [7, 11) is -3.51. The summed E-state index contributed by atoms with van der Waals surface area (Å²) < 4.78 is 25.4. The summed E-state index contributed by atoms with van der Waals surface area (Å²) in [6.07, 6.45) is 0.444. The van der Waals surface area contributed by atoms with Crippen LogP contribution in [0.4, 0.5) is 0 Å². The van der Waals surface area contributed by atoms with Gasteiger partial charge in [0.05, 0.1) is 11.8 Å². The van der Waals surface area contributed by atoms with Gasteiger partial charge in [0.25, 0.3) is 0 Å². The Balaban J connectivity index is 4.82. The molecule has 112 valence electrons. The third-order valence-corrected chi connectivity index (χ3v) is 4.07. The van der Waals surface area contributed by atoms with E-state index in [2.05, 4.69) is 4.72 Å². The zero-order chi connectivity index (χ0) is 15.2. The topological polar surface area (TPSA) is 104 Å². The highest BCUT2D eigenvalue weighted by molar-refractivity contribution is 7.89. The van der Waals surface area contributed by atoms with E-state index in [0.717, 1.165) is 4.90 Å². The number of rotatable bonds is 8. The van der Waals surface area contributed by atoms with E-state index in [1.165, 1.54) is 6.92 Å². The van der Waals surface area contributed by atoms with Crippen LogP contribution in [0.5, 0.6) is 0 Å². The number of aliphatic carboxylic acids is 1. The molecule has 0 radical (unpaired) electrons. The maximum Gasteiger partial charge on any atom is 0.323 e. The zero-order valence-electron chi connectivity index (χ0n) is 11.7. The smallest absolute Gasteiger partial charge is 0.323 e. The first-order valence-corrected chi connectivity index (χ1v) is 7.78. The average Bonchev–Trinajstić information content (AvgIpc) is 2.23. The van der Waals surface area contributed by atoms with E-state index in [1.54, 1.807) is 20.8 Å². The minimum absolute atomic E-state index is 0.0643. The van der Waals surface area contributed by atoms with Gasteiger partial charge in [-0.3, -0.25) is 9.59 Å². The molecule has 7 nitrogen and oxygen atoms in total. The Bertz CT molecular complexity index is 419. The first kappa shape index (κ1) is 17.8. The second-order valence-corrected chi connectivity index (χ2v) is 6.49. The fraction of sp³-hybridized carbons (Fsp3) is 0.818. The van der Waals surface area contributed by atoms with Crippen molar-refractivity contribution >= 4 is 21.9 Å². The molecule has 1 atom stereocenters. The van der Waals surface area contributed by atoms with Gasteiger partial charge in [-0.25, -0.2) is 13.1 Å². The summed E-state index contributed by atoms with van der Waals surface area (Å²) in [5, 5.41) is 8.75. The standard InChI is InChI=1S/C11H22N2O5S/c1-5-6-19(17,18)12-9(4)11(16)13(8(2)3)7-10(14)15/h8-9,12H,5-7H2,1-4H3,(H,14,15). The Morgan fingerprint density at radius 2 is 1.79 bits per heavy atom. The van der Waals surface area contributed by atoms with Crippen LogP contribution in [0.25, 0.3) is 0 Å². The van der Waals surface area contributed by atoms with Gasteiger partial charge in [0, 0.05) is 6.04 Å². The molecule has 0 rings (SSSR count). The normalized spacial score (nSPS) is 13.3. The maximum absolute atomic E-state index is 12.0. The van der Waals surface area contributed by atoms with Gasteiger partial charge in [-0.2, -0.15) is 0 Å². The number of nitrogens with zero attached hydrogens (tertiary/aromatic N) is 1. The van der Waals surface area contributed by atoms with Crippen LogP contribution >= 0.6 is 0 Å². The Labute approximate surface area is 114 Å². The molecule has 0 saturated carbocycles. The van der Waals surface area contributed by atoms with Crippen molar-refractivity contribution in [1.29, 1.82) is 0 Å². The van der Waals surface area contributed by atoms with Gasteiger partial charge < -0.3 is 10.0 Å². The lowest BCUT2D eigenvalue weighted by Gasteiger charge is -2.28.